The van der Waals surface area contributed by atoms with E-state index in [0.717, 1.165) is 11.4 Å². The van der Waals surface area contributed by atoms with Gasteiger partial charge in [-0.05, 0) is 18.1 Å². The van der Waals surface area contributed by atoms with Crippen LogP contribution >= 0.6 is 0 Å². The summed E-state index contributed by atoms with van der Waals surface area (Å²) in [6.45, 7) is 3.78. The van der Waals surface area contributed by atoms with E-state index < -0.39 is 0 Å². The van der Waals surface area contributed by atoms with E-state index in [-0.39, 0.29) is 0 Å². The number of aromatic nitrogens is 4. The van der Waals surface area contributed by atoms with E-state index >= 15 is 0 Å². The molecule has 9 nitrogen and oxygen atoms in total. The highest BCUT2D eigenvalue weighted by Gasteiger charge is 2.20. The summed E-state index contributed by atoms with van der Waals surface area (Å²) in [5, 5.41) is 7.40. The van der Waals surface area contributed by atoms with Gasteiger partial charge >= 0.3 is 0 Å². The first kappa shape index (κ1) is 16.2. The molecule has 1 aliphatic rings. The second-order valence-electron chi connectivity index (χ2n) is 5.64. The molecule has 0 N–H and O–H groups in total. The van der Waals surface area contributed by atoms with Crippen LogP contribution in [0.25, 0.3) is 11.4 Å². The summed E-state index contributed by atoms with van der Waals surface area (Å²) in [6, 6.07) is 3.71. The number of methoxy groups -OCH3 is 1. The summed E-state index contributed by atoms with van der Waals surface area (Å²) in [5.41, 5.74) is 1.44. The summed E-state index contributed by atoms with van der Waals surface area (Å²) in [6.07, 6.45) is 3.61. The Balaban J connectivity index is 1.57. The van der Waals surface area contributed by atoms with Gasteiger partial charge in [0.05, 0.1) is 19.2 Å². The quantitative estimate of drug-likeness (QED) is 0.661. The number of benzene rings is 1. The normalized spacial score (nSPS) is 12.8. The van der Waals surface area contributed by atoms with Gasteiger partial charge in [0.15, 0.2) is 11.5 Å². The van der Waals surface area contributed by atoms with Crippen molar-refractivity contribution in [1.82, 2.24) is 19.9 Å². The van der Waals surface area contributed by atoms with E-state index in [0.29, 0.717) is 55.2 Å². The van der Waals surface area contributed by atoms with Crippen molar-refractivity contribution < 1.29 is 23.6 Å². The Hall–Kier alpha value is -3.23. The number of fused-ring (bicyclic) bond motifs is 1. The van der Waals surface area contributed by atoms with Gasteiger partial charge in [-0.3, -0.25) is 0 Å². The molecular weight excluding hydrogens is 340 g/mol. The Morgan fingerprint density at radius 1 is 1.15 bits per heavy atom. The van der Waals surface area contributed by atoms with Gasteiger partial charge in [0.25, 0.3) is 5.88 Å². The van der Waals surface area contributed by atoms with Crippen LogP contribution in [-0.4, -0.2) is 46.8 Å². The predicted octanol–water partition coefficient (Wildman–Crippen LogP) is 2.10. The van der Waals surface area contributed by atoms with Gasteiger partial charge in [-0.2, -0.15) is 0 Å². The molecule has 0 saturated carbocycles. The minimum Gasteiger partial charge on any atom is -0.496 e. The molecule has 0 unspecified atom stereocenters. The zero-order valence-corrected chi connectivity index (χ0v) is 14.5. The zero-order valence-electron chi connectivity index (χ0n) is 14.5. The smallest absolute Gasteiger partial charge is 0.278 e. The Morgan fingerprint density at radius 2 is 1.96 bits per heavy atom. The van der Waals surface area contributed by atoms with Crippen LogP contribution in [0.15, 0.2) is 29.2 Å². The highest BCUT2D eigenvalue weighted by Crippen LogP contribution is 2.40. The van der Waals surface area contributed by atoms with Gasteiger partial charge < -0.3 is 23.5 Å². The number of hydrogen-bond acceptors (Lipinski definition) is 8. The monoisotopic (exact) mass is 358 g/mol. The number of aryl methyl sites for hydroxylation is 1. The molecule has 4 rings (SSSR count). The van der Waals surface area contributed by atoms with Crippen LogP contribution in [-0.2, 0) is 6.54 Å². The Kier molecular flexibility index (Phi) is 4.34. The van der Waals surface area contributed by atoms with Crippen LogP contribution in [0.3, 0.4) is 0 Å². The van der Waals surface area contributed by atoms with Crippen molar-refractivity contribution in [2.24, 2.45) is 0 Å². The largest absolute Gasteiger partial charge is 0.496 e. The molecule has 1 aliphatic heterocycles. The third-order valence-corrected chi connectivity index (χ3v) is 4.00. The molecule has 0 fully saturated rings. The predicted molar refractivity (Wildman–Crippen MR) is 89.7 cm³/mol. The lowest BCUT2D eigenvalue weighted by molar-refractivity contribution is 0.171. The number of nitrogens with zero attached hydrogens (tertiary/aromatic N) is 4. The molecule has 0 amide bonds. The van der Waals surface area contributed by atoms with E-state index in [1.807, 2.05) is 22.9 Å². The molecule has 0 bridgehead atoms. The minimum absolute atomic E-state index is 0.392. The lowest BCUT2D eigenvalue weighted by Gasteiger charge is -2.21. The minimum atomic E-state index is 0.392. The zero-order chi connectivity index (χ0) is 17.9. The highest BCUT2D eigenvalue weighted by molar-refractivity contribution is 5.70. The maximum absolute atomic E-state index is 5.68. The van der Waals surface area contributed by atoms with Gasteiger partial charge in [0.1, 0.15) is 37.1 Å². The van der Waals surface area contributed by atoms with Gasteiger partial charge in [0.2, 0.25) is 0 Å². The van der Waals surface area contributed by atoms with Crippen molar-refractivity contribution in [2.45, 2.75) is 13.5 Å². The van der Waals surface area contributed by atoms with E-state index in [4.69, 9.17) is 18.9 Å². The SMILES string of the molecule is COc1cc2c(cc1-c1nccn1CCOc1nonc1C)OCCO2. The second-order valence-corrected chi connectivity index (χ2v) is 5.64. The van der Waals surface area contributed by atoms with Crippen molar-refractivity contribution in [3.8, 4) is 34.5 Å². The van der Waals surface area contributed by atoms with Crippen molar-refractivity contribution in [1.29, 1.82) is 0 Å². The van der Waals surface area contributed by atoms with E-state index in [1.165, 1.54) is 0 Å². The van der Waals surface area contributed by atoms with Crippen LogP contribution in [0.1, 0.15) is 5.69 Å². The molecule has 26 heavy (non-hydrogen) atoms. The number of rotatable bonds is 6. The van der Waals surface area contributed by atoms with Crippen molar-refractivity contribution >= 4 is 0 Å². The van der Waals surface area contributed by atoms with E-state index in [2.05, 4.69) is 19.9 Å². The Bertz CT molecular complexity index is 904. The lowest BCUT2D eigenvalue weighted by atomic mass is 10.1. The fourth-order valence-corrected chi connectivity index (χ4v) is 2.74. The topological polar surface area (TPSA) is 93.7 Å². The molecule has 1 aromatic carbocycles. The highest BCUT2D eigenvalue weighted by atomic mass is 16.6. The average molecular weight is 358 g/mol. The molecule has 0 atom stereocenters. The molecule has 9 heteroatoms. The average Bonchev–Trinajstić information content (AvgIpc) is 3.30. The maximum Gasteiger partial charge on any atom is 0.278 e. The lowest BCUT2D eigenvalue weighted by Crippen LogP contribution is -2.15. The third-order valence-electron chi connectivity index (χ3n) is 4.00. The number of ether oxygens (including phenoxy) is 4. The Labute approximate surface area is 149 Å². The molecular formula is C17H18N4O5. The Morgan fingerprint density at radius 3 is 2.69 bits per heavy atom. The maximum atomic E-state index is 5.68. The van der Waals surface area contributed by atoms with Gasteiger partial charge in [-0.15, -0.1) is 0 Å². The van der Waals surface area contributed by atoms with Crippen molar-refractivity contribution in [3.05, 3.63) is 30.2 Å². The van der Waals surface area contributed by atoms with Crippen LogP contribution < -0.4 is 18.9 Å². The van der Waals surface area contributed by atoms with Crippen molar-refractivity contribution in [2.75, 3.05) is 26.9 Å². The van der Waals surface area contributed by atoms with Crippen LogP contribution in [0.2, 0.25) is 0 Å². The number of hydrogen-bond donors (Lipinski definition) is 0. The summed E-state index contributed by atoms with van der Waals surface area (Å²) in [7, 11) is 1.62. The summed E-state index contributed by atoms with van der Waals surface area (Å²) >= 11 is 0. The number of imidazole rings is 1. The van der Waals surface area contributed by atoms with Crippen molar-refractivity contribution in [3.63, 3.8) is 0 Å². The van der Waals surface area contributed by atoms with Gasteiger partial charge in [-0.25, -0.2) is 9.61 Å². The molecule has 2 aromatic heterocycles. The summed E-state index contributed by atoms with van der Waals surface area (Å²) in [5.74, 6) is 3.16. The standard InChI is InChI=1S/C17H18N4O5/c1-11-17(20-26-19-11)25-6-5-21-4-3-18-16(21)12-9-14-15(10-13(12)22-2)24-8-7-23-14/h3-4,9-10H,5-8H2,1-2H3. The van der Waals surface area contributed by atoms with Crippen LogP contribution in [0, 0.1) is 6.92 Å². The first-order valence-corrected chi connectivity index (χ1v) is 8.17. The van der Waals surface area contributed by atoms with Gasteiger partial charge in [0, 0.05) is 18.5 Å². The van der Waals surface area contributed by atoms with Crippen LogP contribution in [0.4, 0.5) is 0 Å². The molecule has 0 saturated heterocycles. The van der Waals surface area contributed by atoms with E-state index in [1.54, 1.807) is 20.2 Å². The summed E-state index contributed by atoms with van der Waals surface area (Å²) < 4.78 is 29.0. The second kappa shape index (κ2) is 6.95. The fraction of sp³-hybridized carbons (Fsp3) is 0.353. The first-order valence-electron chi connectivity index (χ1n) is 8.17. The first-order chi connectivity index (χ1) is 12.8. The molecule has 3 aromatic rings. The van der Waals surface area contributed by atoms with E-state index in [9.17, 15) is 0 Å². The molecule has 0 spiro atoms. The molecule has 3 heterocycles. The third kappa shape index (κ3) is 3.03. The molecule has 0 aliphatic carbocycles. The summed E-state index contributed by atoms with van der Waals surface area (Å²) in [4.78, 5) is 4.46. The molecule has 0 radical (unpaired) electrons. The molecule has 136 valence electrons. The fourth-order valence-electron chi connectivity index (χ4n) is 2.74. The van der Waals surface area contributed by atoms with Crippen LogP contribution in [0.5, 0.6) is 23.1 Å². The van der Waals surface area contributed by atoms with Gasteiger partial charge in [-0.1, -0.05) is 5.16 Å².